The Morgan fingerprint density at radius 2 is 2.25 bits per heavy atom. The first-order valence-corrected chi connectivity index (χ1v) is 7.08. The second-order valence-electron chi connectivity index (χ2n) is 4.58. The summed E-state index contributed by atoms with van der Waals surface area (Å²) in [6.07, 6.45) is 3.22. The van der Waals surface area contributed by atoms with Crippen LogP contribution < -0.4 is 10.6 Å². The van der Waals surface area contributed by atoms with Crippen LogP contribution in [0.4, 0.5) is 5.69 Å². The first-order valence-electron chi connectivity index (χ1n) is 5.85. The lowest BCUT2D eigenvalue weighted by Gasteiger charge is -2.36. The quantitative estimate of drug-likeness (QED) is 0.800. The summed E-state index contributed by atoms with van der Waals surface area (Å²) in [5.74, 6) is 0.590. The maximum atomic E-state index is 6.04. The lowest BCUT2D eigenvalue weighted by molar-refractivity contribution is 0.383. The zero-order chi connectivity index (χ0) is 11.5. The summed E-state index contributed by atoms with van der Waals surface area (Å²) in [5.41, 5.74) is 7.38. The molecule has 1 heterocycles. The van der Waals surface area contributed by atoms with Crippen molar-refractivity contribution in [3.8, 4) is 0 Å². The van der Waals surface area contributed by atoms with Gasteiger partial charge in [0.15, 0.2) is 0 Å². The minimum Gasteiger partial charge on any atom is -0.371 e. The number of thioether (sulfide) groups is 1. The highest BCUT2D eigenvalue weighted by Crippen LogP contribution is 2.26. The number of anilines is 1. The summed E-state index contributed by atoms with van der Waals surface area (Å²) in [6, 6.07) is 9.14. The van der Waals surface area contributed by atoms with Gasteiger partial charge in [-0.15, -0.1) is 11.8 Å². The molecule has 1 aromatic rings. The Kier molecular flexibility index (Phi) is 3.77. The number of benzene rings is 1. The lowest BCUT2D eigenvalue weighted by Crippen LogP contribution is -2.45. The summed E-state index contributed by atoms with van der Waals surface area (Å²) in [7, 11) is 0. The van der Waals surface area contributed by atoms with Crippen LogP contribution >= 0.6 is 11.8 Å². The Balaban J connectivity index is 2.12. The van der Waals surface area contributed by atoms with Gasteiger partial charge in [0, 0.05) is 29.7 Å². The first-order chi connectivity index (χ1) is 7.70. The minimum atomic E-state index is 0.375. The molecule has 1 fully saturated rings. The average Bonchev–Trinajstić information content (AvgIpc) is 2.33. The summed E-state index contributed by atoms with van der Waals surface area (Å²) < 4.78 is 0. The number of piperidine rings is 1. The van der Waals surface area contributed by atoms with E-state index in [1.165, 1.54) is 10.6 Å². The van der Waals surface area contributed by atoms with Crippen molar-refractivity contribution in [2.24, 2.45) is 11.7 Å². The van der Waals surface area contributed by atoms with Crippen LogP contribution in [0, 0.1) is 5.92 Å². The molecule has 1 aliphatic heterocycles. The van der Waals surface area contributed by atoms with Gasteiger partial charge in [0.05, 0.1) is 0 Å². The molecule has 2 atom stereocenters. The largest absolute Gasteiger partial charge is 0.371 e. The summed E-state index contributed by atoms with van der Waals surface area (Å²) in [6.45, 7) is 4.41. The van der Waals surface area contributed by atoms with E-state index in [9.17, 15) is 0 Å². The maximum absolute atomic E-state index is 6.04. The summed E-state index contributed by atoms with van der Waals surface area (Å²) in [5, 5.41) is 0. The van der Waals surface area contributed by atoms with Crippen LogP contribution in [0.1, 0.15) is 13.3 Å². The molecule has 0 bridgehead atoms. The third kappa shape index (κ3) is 2.53. The van der Waals surface area contributed by atoms with Gasteiger partial charge < -0.3 is 10.6 Å². The number of hydrogen-bond acceptors (Lipinski definition) is 3. The van der Waals surface area contributed by atoms with E-state index in [0.29, 0.717) is 12.0 Å². The van der Waals surface area contributed by atoms with E-state index < -0.39 is 0 Å². The fraction of sp³-hybridized carbons (Fsp3) is 0.538. The molecule has 2 nitrogen and oxygen atoms in total. The predicted octanol–water partition coefficient (Wildman–Crippen LogP) is 2.58. The number of rotatable bonds is 2. The Labute approximate surface area is 102 Å². The van der Waals surface area contributed by atoms with E-state index in [1.54, 1.807) is 11.8 Å². The van der Waals surface area contributed by atoms with Crippen LogP contribution in [0.15, 0.2) is 29.2 Å². The van der Waals surface area contributed by atoms with E-state index in [0.717, 1.165) is 19.5 Å². The van der Waals surface area contributed by atoms with Crippen molar-refractivity contribution in [1.82, 2.24) is 0 Å². The molecule has 16 heavy (non-hydrogen) atoms. The second-order valence-corrected chi connectivity index (χ2v) is 5.46. The number of nitrogens with two attached hydrogens (primary N) is 1. The molecule has 0 radical (unpaired) electrons. The van der Waals surface area contributed by atoms with Gasteiger partial charge in [0.2, 0.25) is 0 Å². The predicted molar refractivity (Wildman–Crippen MR) is 72.2 cm³/mol. The van der Waals surface area contributed by atoms with E-state index in [4.69, 9.17) is 5.73 Å². The van der Waals surface area contributed by atoms with Crippen LogP contribution in [0.2, 0.25) is 0 Å². The molecule has 3 heteroatoms. The van der Waals surface area contributed by atoms with Crippen molar-refractivity contribution in [1.29, 1.82) is 0 Å². The van der Waals surface area contributed by atoms with Crippen LogP contribution in [0.5, 0.6) is 0 Å². The molecule has 2 N–H and O–H groups in total. The average molecular weight is 236 g/mol. The van der Waals surface area contributed by atoms with Gasteiger partial charge in [-0.1, -0.05) is 13.0 Å². The Hall–Kier alpha value is -0.670. The Morgan fingerprint density at radius 3 is 2.94 bits per heavy atom. The van der Waals surface area contributed by atoms with Gasteiger partial charge in [-0.25, -0.2) is 0 Å². The minimum absolute atomic E-state index is 0.375. The number of nitrogens with zero attached hydrogens (tertiary/aromatic N) is 1. The van der Waals surface area contributed by atoms with E-state index >= 15 is 0 Å². The van der Waals surface area contributed by atoms with Gasteiger partial charge in [-0.3, -0.25) is 0 Å². The van der Waals surface area contributed by atoms with Crippen molar-refractivity contribution < 1.29 is 0 Å². The zero-order valence-electron chi connectivity index (χ0n) is 10.0. The highest BCUT2D eigenvalue weighted by atomic mass is 32.2. The molecule has 0 amide bonds. The van der Waals surface area contributed by atoms with Gasteiger partial charge in [0.25, 0.3) is 0 Å². The van der Waals surface area contributed by atoms with Gasteiger partial charge in [0.1, 0.15) is 0 Å². The summed E-state index contributed by atoms with van der Waals surface area (Å²) in [4.78, 5) is 3.79. The topological polar surface area (TPSA) is 29.3 Å². The molecule has 1 saturated heterocycles. The molecule has 88 valence electrons. The highest BCUT2D eigenvalue weighted by Gasteiger charge is 2.23. The fourth-order valence-electron chi connectivity index (χ4n) is 2.21. The molecule has 0 aromatic heterocycles. The molecule has 1 aliphatic rings. The van der Waals surface area contributed by atoms with Crippen molar-refractivity contribution in [3.63, 3.8) is 0 Å². The van der Waals surface area contributed by atoms with Crippen LogP contribution in [-0.4, -0.2) is 25.4 Å². The van der Waals surface area contributed by atoms with Crippen molar-refractivity contribution in [2.45, 2.75) is 24.3 Å². The monoisotopic (exact) mass is 236 g/mol. The molecular weight excluding hydrogens is 216 g/mol. The Morgan fingerprint density at radius 1 is 1.44 bits per heavy atom. The third-order valence-electron chi connectivity index (χ3n) is 3.39. The van der Waals surface area contributed by atoms with Gasteiger partial charge in [-0.2, -0.15) is 0 Å². The fourth-order valence-corrected chi connectivity index (χ4v) is 2.66. The van der Waals surface area contributed by atoms with E-state index in [1.807, 2.05) is 0 Å². The lowest BCUT2D eigenvalue weighted by atomic mass is 9.94. The van der Waals surface area contributed by atoms with Crippen LogP contribution in [0.3, 0.4) is 0 Å². The smallest absolute Gasteiger partial charge is 0.0377 e. The van der Waals surface area contributed by atoms with Crippen LogP contribution in [-0.2, 0) is 0 Å². The molecule has 0 saturated carbocycles. The number of hydrogen-bond donors (Lipinski definition) is 1. The maximum Gasteiger partial charge on any atom is 0.0377 e. The molecule has 1 aromatic carbocycles. The zero-order valence-corrected chi connectivity index (χ0v) is 10.8. The van der Waals surface area contributed by atoms with Crippen molar-refractivity contribution >= 4 is 17.4 Å². The summed E-state index contributed by atoms with van der Waals surface area (Å²) >= 11 is 1.80. The third-order valence-corrected chi connectivity index (χ3v) is 4.12. The Bertz CT molecular complexity index is 354. The van der Waals surface area contributed by atoms with Crippen LogP contribution in [0.25, 0.3) is 0 Å². The van der Waals surface area contributed by atoms with Crippen molar-refractivity contribution in [3.05, 3.63) is 24.3 Å². The molecular formula is C13H20N2S. The second kappa shape index (κ2) is 5.11. The highest BCUT2D eigenvalue weighted by molar-refractivity contribution is 7.98. The normalized spacial score (nSPS) is 25.8. The van der Waals surface area contributed by atoms with Gasteiger partial charge in [-0.05, 0) is 36.8 Å². The molecule has 2 rings (SSSR count). The van der Waals surface area contributed by atoms with E-state index in [-0.39, 0.29) is 0 Å². The molecule has 0 spiro atoms. The standard InChI is InChI=1S/C13H20N2S/c1-10-9-15(7-6-13(10)14)11-4-3-5-12(8-11)16-2/h3-5,8,10,13H,6-7,9,14H2,1-2H3. The van der Waals surface area contributed by atoms with Crippen molar-refractivity contribution in [2.75, 3.05) is 24.2 Å². The van der Waals surface area contributed by atoms with E-state index in [2.05, 4.69) is 42.3 Å². The van der Waals surface area contributed by atoms with Gasteiger partial charge >= 0.3 is 0 Å². The molecule has 0 aliphatic carbocycles. The molecule has 2 unspecified atom stereocenters. The SMILES string of the molecule is CSc1cccc(N2CCC(N)C(C)C2)c1. The first kappa shape index (κ1) is 11.8.